The fourth-order valence-corrected chi connectivity index (χ4v) is 2.09. The maximum atomic E-state index is 5.27. The number of methoxy groups -OCH3 is 2. The van der Waals surface area contributed by atoms with E-state index >= 15 is 0 Å². The van der Waals surface area contributed by atoms with Crippen molar-refractivity contribution in [3.05, 3.63) is 0 Å². The van der Waals surface area contributed by atoms with Crippen molar-refractivity contribution in [2.75, 3.05) is 53.6 Å². The van der Waals surface area contributed by atoms with Crippen LogP contribution in [0.4, 0.5) is 0 Å². The van der Waals surface area contributed by atoms with Gasteiger partial charge in [0.1, 0.15) is 0 Å². The van der Waals surface area contributed by atoms with E-state index in [4.69, 9.17) is 9.47 Å². The highest BCUT2D eigenvalue weighted by Gasteiger charge is 2.10. The van der Waals surface area contributed by atoms with Crippen molar-refractivity contribution < 1.29 is 9.47 Å². The van der Waals surface area contributed by atoms with Crippen LogP contribution in [0.3, 0.4) is 0 Å². The van der Waals surface area contributed by atoms with Crippen molar-refractivity contribution in [2.45, 2.75) is 25.4 Å². The van der Waals surface area contributed by atoms with Gasteiger partial charge in [0.25, 0.3) is 0 Å². The average Bonchev–Trinajstić information content (AvgIpc) is 2.80. The van der Waals surface area contributed by atoms with Crippen LogP contribution >= 0.6 is 0 Å². The molecule has 0 aromatic heterocycles. The monoisotopic (exact) mass is 230 g/mol. The van der Waals surface area contributed by atoms with E-state index in [-0.39, 0.29) is 6.10 Å². The molecule has 0 spiro atoms. The molecular formula is C12H26N2O2. The minimum Gasteiger partial charge on any atom is -0.382 e. The Balaban J connectivity index is 1.89. The van der Waals surface area contributed by atoms with Crippen molar-refractivity contribution in [3.63, 3.8) is 0 Å². The Morgan fingerprint density at radius 3 is 2.62 bits per heavy atom. The normalized spacial score (nSPS) is 19.1. The molecule has 1 aliphatic rings. The standard InChI is InChI=1S/C12H26N2O2/c1-15-11-12(16-2)10-13-6-5-9-14-7-3-4-8-14/h12-13H,3-11H2,1-2H3. The van der Waals surface area contributed by atoms with Gasteiger partial charge in [0.15, 0.2) is 0 Å². The quantitative estimate of drug-likeness (QED) is 0.592. The summed E-state index contributed by atoms with van der Waals surface area (Å²) in [5.41, 5.74) is 0. The van der Waals surface area contributed by atoms with Crippen LogP contribution in [0.15, 0.2) is 0 Å². The molecule has 4 nitrogen and oxygen atoms in total. The van der Waals surface area contributed by atoms with Crippen molar-refractivity contribution in [2.24, 2.45) is 0 Å². The number of nitrogens with one attached hydrogen (secondary N) is 1. The Morgan fingerprint density at radius 2 is 2.00 bits per heavy atom. The molecule has 0 radical (unpaired) electrons. The summed E-state index contributed by atoms with van der Waals surface area (Å²) in [6, 6.07) is 0. The lowest BCUT2D eigenvalue weighted by molar-refractivity contribution is 0.0289. The second-order valence-corrected chi connectivity index (χ2v) is 4.42. The van der Waals surface area contributed by atoms with Crippen LogP contribution in [0, 0.1) is 0 Å². The number of hydrogen-bond acceptors (Lipinski definition) is 4. The van der Waals surface area contributed by atoms with Crippen LogP contribution in [-0.4, -0.2) is 64.6 Å². The number of ether oxygens (including phenoxy) is 2. The topological polar surface area (TPSA) is 33.7 Å². The van der Waals surface area contributed by atoms with Crippen LogP contribution in [0.1, 0.15) is 19.3 Å². The Kier molecular flexibility index (Phi) is 7.76. The zero-order chi connectivity index (χ0) is 11.6. The van der Waals surface area contributed by atoms with Crippen molar-refractivity contribution in [3.8, 4) is 0 Å². The third kappa shape index (κ3) is 5.80. The number of nitrogens with zero attached hydrogens (tertiary/aromatic N) is 1. The molecule has 0 aromatic rings. The Morgan fingerprint density at radius 1 is 1.25 bits per heavy atom. The molecule has 0 saturated carbocycles. The summed E-state index contributed by atoms with van der Waals surface area (Å²) < 4.78 is 10.3. The maximum Gasteiger partial charge on any atom is 0.0928 e. The Bertz CT molecular complexity index is 161. The van der Waals surface area contributed by atoms with Gasteiger partial charge in [-0.1, -0.05) is 0 Å². The maximum absolute atomic E-state index is 5.27. The average molecular weight is 230 g/mol. The highest BCUT2D eigenvalue weighted by Crippen LogP contribution is 2.06. The Hall–Kier alpha value is -0.160. The molecular weight excluding hydrogens is 204 g/mol. The second kappa shape index (κ2) is 8.93. The summed E-state index contributed by atoms with van der Waals surface area (Å²) >= 11 is 0. The smallest absolute Gasteiger partial charge is 0.0928 e. The number of rotatable bonds is 9. The van der Waals surface area contributed by atoms with Gasteiger partial charge in [0, 0.05) is 20.8 Å². The highest BCUT2D eigenvalue weighted by atomic mass is 16.5. The lowest BCUT2D eigenvalue weighted by Crippen LogP contribution is -2.33. The van der Waals surface area contributed by atoms with E-state index < -0.39 is 0 Å². The molecule has 1 N–H and O–H groups in total. The van der Waals surface area contributed by atoms with Crippen LogP contribution in [0.5, 0.6) is 0 Å². The molecule has 1 aliphatic heterocycles. The van der Waals surface area contributed by atoms with Crippen LogP contribution in [-0.2, 0) is 9.47 Å². The summed E-state index contributed by atoms with van der Waals surface area (Å²) in [5.74, 6) is 0. The third-order valence-electron chi connectivity index (χ3n) is 3.08. The SMILES string of the molecule is COCC(CNCCCN1CCCC1)OC. The lowest BCUT2D eigenvalue weighted by Gasteiger charge is -2.17. The van der Waals surface area contributed by atoms with Gasteiger partial charge in [-0.2, -0.15) is 0 Å². The predicted octanol–water partition coefficient (Wildman–Crippen LogP) is 0.723. The highest BCUT2D eigenvalue weighted by molar-refractivity contribution is 4.67. The van der Waals surface area contributed by atoms with Gasteiger partial charge in [-0.05, 0) is 45.4 Å². The molecule has 1 fully saturated rings. The molecule has 16 heavy (non-hydrogen) atoms. The van der Waals surface area contributed by atoms with Crippen LogP contribution in [0.2, 0.25) is 0 Å². The molecule has 4 heteroatoms. The Labute approximate surface area is 99.3 Å². The summed E-state index contributed by atoms with van der Waals surface area (Å²) in [6.45, 7) is 6.43. The van der Waals surface area contributed by atoms with E-state index in [0.717, 1.165) is 13.1 Å². The fourth-order valence-electron chi connectivity index (χ4n) is 2.09. The molecule has 96 valence electrons. The molecule has 0 amide bonds. The molecule has 0 aromatic carbocycles. The molecule has 1 unspecified atom stereocenters. The number of hydrogen-bond donors (Lipinski definition) is 1. The van der Waals surface area contributed by atoms with Crippen molar-refractivity contribution in [1.29, 1.82) is 0 Å². The minimum atomic E-state index is 0.178. The van der Waals surface area contributed by atoms with Gasteiger partial charge < -0.3 is 19.7 Å². The fraction of sp³-hybridized carbons (Fsp3) is 1.00. The lowest BCUT2D eigenvalue weighted by atomic mass is 10.3. The predicted molar refractivity (Wildman–Crippen MR) is 65.8 cm³/mol. The van der Waals surface area contributed by atoms with E-state index in [2.05, 4.69) is 10.2 Å². The van der Waals surface area contributed by atoms with Gasteiger partial charge >= 0.3 is 0 Å². The first kappa shape index (κ1) is 13.9. The zero-order valence-electron chi connectivity index (χ0n) is 10.7. The number of likely N-dealkylation sites (tertiary alicyclic amines) is 1. The van der Waals surface area contributed by atoms with Gasteiger partial charge in [0.2, 0.25) is 0 Å². The second-order valence-electron chi connectivity index (χ2n) is 4.42. The third-order valence-corrected chi connectivity index (χ3v) is 3.08. The van der Waals surface area contributed by atoms with Gasteiger partial charge in [-0.15, -0.1) is 0 Å². The van der Waals surface area contributed by atoms with E-state index in [1.54, 1.807) is 14.2 Å². The molecule has 1 atom stereocenters. The van der Waals surface area contributed by atoms with Crippen molar-refractivity contribution >= 4 is 0 Å². The molecule has 0 aliphatic carbocycles. The molecule has 1 saturated heterocycles. The van der Waals surface area contributed by atoms with Gasteiger partial charge in [-0.25, -0.2) is 0 Å². The largest absolute Gasteiger partial charge is 0.382 e. The summed E-state index contributed by atoms with van der Waals surface area (Å²) in [7, 11) is 3.44. The van der Waals surface area contributed by atoms with E-state index in [9.17, 15) is 0 Å². The van der Waals surface area contributed by atoms with E-state index in [1.165, 1.54) is 38.9 Å². The molecule has 1 heterocycles. The summed E-state index contributed by atoms with van der Waals surface area (Å²) in [6.07, 6.45) is 4.17. The minimum absolute atomic E-state index is 0.178. The first-order chi connectivity index (χ1) is 7.86. The van der Waals surface area contributed by atoms with Crippen LogP contribution in [0.25, 0.3) is 0 Å². The first-order valence-electron chi connectivity index (χ1n) is 6.31. The van der Waals surface area contributed by atoms with Gasteiger partial charge in [0.05, 0.1) is 12.7 Å². The van der Waals surface area contributed by atoms with Crippen molar-refractivity contribution in [1.82, 2.24) is 10.2 Å². The van der Waals surface area contributed by atoms with Crippen LogP contribution < -0.4 is 5.32 Å². The summed E-state index contributed by atoms with van der Waals surface area (Å²) in [4.78, 5) is 2.55. The summed E-state index contributed by atoms with van der Waals surface area (Å²) in [5, 5.41) is 3.41. The zero-order valence-corrected chi connectivity index (χ0v) is 10.7. The molecule has 0 bridgehead atoms. The van der Waals surface area contributed by atoms with E-state index in [0.29, 0.717) is 6.61 Å². The van der Waals surface area contributed by atoms with E-state index in [1.807, 2.05) is 0 Å². The molecule has 1 rings (SSSR count). The van der Waals surface area contributed by atoms with Gasteiger partial charge in [-0.3, -0.25) is 0 Å². The first-order valence-corrected chi connectivity index (χ1v) is 6.31.